The van der Waals surface area contributed by atoms with Gasteiger partial charge in [-0.05, 0) is 24.8 Å². The molecule has 3 rings (SSSR count). The van der Waals surface area contributed by atoms with Gasteiger partial charge in [0, 0.05) is 46.3 Å². The number of nitrogens with zero attached hydrogens (tertiary/aromatic N) is 3. The molecular weight excluding hydrogens is 316 g/mol. The van der Waals surface area contributed by atoms with Crippen LogP contribution in [0.3, 0.4) is 0 Å². The van der Waals surface area contributed by atoms with Crippen molar-refractivity contribution in [2.75, 3.05) is 33.7 Å². The zero-order chi connectivity index (χ0) is 17.8. The van der Waals surface area contributed by atoms with Crippen molar-refractivity contribution in [2.24, 2.45) is 0 Å². The topological polar surface area (TPSA) is 55.9 Å². The van der Waals surface area contributed by atoms with Crippen LogP contribution >= 0.6 is 0 Å². The quantitative estimate of drug-likeness (QED) is 0.901. The van der Waals surface area contributed by atoms with Gasteiger partial charge in [-0.3, -0.25) is 9.69 Å². The monoisotopic (exact) mass is 344 g/mol. The van der Waals surface area contributed by atoms with Crippen molar-refractivity contribution in [3.8, 4) is 0 Å². The third kappa shape index (κ3) is 4.31. The summed E-state index contributed by atoms with van der Waals surface area (Å²) in [5, 5.41) is 3.13. The molecule has 3 amide bonds. The number of nitrogens with one attached hydrogen (secondary N) is 1. The zero-order valence-electron chi connectivity index (χ0n) is 15.1. The number of hydrogen-bond acceptors (Lipinski definition) is 3. The van der Waals surface area contributed by atoms with Gasteiger partial charge in [0.15, 0.2) is 0 Å². The molecule has 0 aromatic heterocycles. The molecule has 1 atom stereocenters. The van der Waals surface area contributed by atoms with Crippen molar-refractivity contribution in [2.45, 2.75) is 37.9 Å². The highest BCUT2D eigenvalue weighted by atomic mass is 16.2. The summed E-state index contributed by atoms with van der Waals surface area (Å²) in [7, 11) is 3.70. The fourth-order valence-electron chi connectivity index (χ4n) is 3.71. The molecule has 0 saturated carbocycles. The highest BCUT2D eigenvalue weighted by Crippen LogP contribution is 2.20. The Hall–Kier alpha value is -2.08. The molecule has 0 aliphatic carbocycles. The van der Waals surface area contributed by atoms with Gasteiger partial charge in [0.05, 0.1) is 6.04 Å². The number of piperidine rings is 1. The standard InChI is InChI=1S/C19H28N4O2/c1-21-11-10-17(18(21)24)23-12-8-16(9-13-23)20-19(25)22(2)14-15-6-4-3-5-7-15/h3-7,16-17H,8-14H2,1-2H3,(H,20,25)/t17-/m0/s1. The Labute approximate surface area is 149 Å². The lowest BCUT2D eigenvalue weighted by Gasteiger charge is -2.35. The number of benzene rings is 1. The molecule has 2 aliphatic rings. The Morgan fingerprint density at radius 3 is 2.44 bits per heavy atom. The van der Waals surface area contributed by atoms with Crippen molar-refractivity contribution in [3.05, 3.63) is 35.9 Å². The third-order valence-corrected chi connectivity index (χ3v) is 5.31. The van der Waals surface area contributed by atoms with Gasteiger partial charge in [-0.15, -0.1) is 0 Å². The van der Waals surface area contributed by atoms with E-state index in [1.165, 1.54) is 0 Å². The molecule has 2 saturated heterocycles. The normalized spacial score (nSPS) is 22.2. The Balaban J connectivity index is 1.44. The number of amides is 3. The van der Waals surface area contributed by atoms with Gasteiger partial charge in [0.1, 0.15) is 0 Å². The van der Waals surface area contributed by atoms with Crippen molar-refractivity contribution >= 4 is 11.9 Å². The molecule has 2 fully saturated rings. The molecule has 0 bridgehead atoms. The highest BCUT2D eigenvalue weighted by Gasteiger charge is 2.35. The number of urea groups is 1. The van der Waals surface area contributed by atoms with Crippen LogP contribution in [0.4, 0.5) is 4.79 Å². The van der Waals surface area contributed by atoms with Crippen molar-refractivity contribution in [3.63, 3.8) is 0 Å². The van der Waals surface area contributed by atoms with E-state index < -0.39 is 0 Å². The minimum absolute atomic E-state index is 0.0287. The van der Waals surface area contributed by atoms with Gasteiger partial charge >= 0.3 is 6.03 Å². The largest absolute Gasteiger partial charge is 0.344 e. The first-order chi connectivity index (χ1) is 12.0. The van der Waals surface area contributed by atoms with Gasteiger partial charge in [-0.2, -0.15) is 0 Å². The lowest BCUT2D eigenvalue weighted by molar-refractivity contribution is -0.131. The van der Waals surface area contributed by atoms with Crippen LogP contribution in [0.25, 0.3) is 0 Å². The summed E-state index contributed by atoms with van der Waals surface area (Å²) in [6.07, 6.45) is 2.73. The van der Waals surface area contributed by atoms with E-state index in [-0.39, 0.29) is 24.0 Å². The van der Waals surface area contributed by atoms with Crippen LogP contribution in [-0.4, -0.2) is 72.5 Å². The zero-order valence-corrected chi connectivity index (χ0v) is 15.1. The summed E-state index contributed by atoms with van der Waals surface area (Å²) in [6.45, 7) is 3.20. The van der Waals surface area contributed by atoms with E-state index >= 15 is 0 Å². The SMILES string of the molecule is CN(Cc1ccccc1)C(=O)NC1CCN([C@H]2CCN(C)C2=O)CC1. The third-order valence-electron chi connectivity index (χ3n) is 5.31. The van der Waals surface area contributed by atoms with Gasteiger partial charge in [0.2, 0.25) is 5.91 Å². The average Bonchev–Trinajstić information content (AvgIpc) is 2.95. The number of likely N-dealkylation sites (tertiary alicyclic amines) is 2. The summed E-state index contributed by atoms with van der Waals surface area (Å²) in [4.78, 5) is 30.3. The second-order valence-corrected chi connectivity index (χ2v) is 7.17. The first-order valence-electron chi connectivity index (χ1n) is 9.09. The minimum atomic E-state index is -0.0287. The summed E-state index contributed by atoms with van der Waals surface area (Å²) in [5.74, 6) is 0.241. The number of carbonyl (C=O) groups is 2. The van der Waals surface area contributed by atoms with Gasteiger partial charge in [-0.25, -0.2) is 4.79 Å². The molecule has 25 heavy (non-hydrogen) atoms. The lowest BCUT2D eigenvalue weighted by atomic mass is 10.0. The van der Waals surface area contributed by atoms with Crippen LogP contribution in [0.1, 0.15) is 24.8 Å². The second kappa shape index (κ2) is 7.87. The Morgan fingerprint density at radius 2 is 1.84 bits per heavy atom. The van der Waals surface area contributed by atoms with E-state index in [2.05, 4.69) is 10.2 Å². The Morgan fingerprint density at radius 1 is 1.16 bits per heavy atom. The first-order valence-corrected chi connectivity index (χ1v) is 9.09. The molecule has 6 nitrogen and oxygen atoms in total. The van der Waals surface area contributed by atoms with Crippen LogP contribution in [-0.2, 0) is 11.3 Å². The molecule has 1 aromatic carbocycles. The fraction of sp³-hybridized carbons (Fsp3) is 0.579. The number of rotatable bonds is 4. The van der Waals surface area contributed by atoms with Crippen molar-refractivity contribution in [1.29, 1.82) is 0 Å². The van der Waals surface area contributed by atoms with E-state index in [1.54, 1.807) is 4.90 Å². The van der Waals surface area contributed by atoms with Crippen LogP contribution in [0.5, 0.6) is 0 Å². The van der Waals surface area contributed by atoms with Crippen molar-refractivity contribution < 1.29 is 9.59 Å². The maximum absolute atomic E-state index is 12.4. The maximum Gasteiger partial charge on any atom is 0.317 e. The fourth-order valence-corrected chi connectivity index (χ4v) is 3.71. The molecule has 1 N–H and O–H groups in total. The Bertz CT molecular complexity index is 599. The summed E-state index contributed by atoms with van der Waals surface area (Å²) < 4.78 is 0. The highest BCUT2D eigenvalue weighted by molar-refractivity contribution is 5.83. The molecule has 2 heterocycles. The van der Waals surface area contributed by atoms with E-state index in [9.17, 15) is 9.59 Å². The molecule has 136 valence electrons. The molecule has 0 unspecified atom stereocenters. The average molecular weight is 344 g/mol. The van der Waals surface area contributed by atoms with Gasteiger partial charge in [0.25, 0.3) is 0 Å². The smallest absolute Gasteiger partial charge is 0.317 e. The number of hydrogen-bond donors (Lipinski definition) is 1. The number of likely N-dealkylation sites (N-methyl/N-ethyl adjacent to an activating group) is 1. The molecular formula is C19H28N4O2. The molecule has 1 aromatic rings. The molecule has 0 spiro atoms. The predicted molar refractivity (Wildman–Crippen MR) is 97.1 cm³/mol. The van der Waals surface area contributed by atoms with Gasteiger partial charge in [-0.1, -0.05) is 30.3 Å². The van der Waals surface area contributed by atoms with E-state index in [0.29, 0.717) is 6.54 Å². The van der Waals surface area contributed by atoms with Crippen LogP contribution in [0.15, 0.2) is 30.3 Å². The van der Waals surface area contributed by atoms with Crippen molar-refractivity contribution in [1.82, 2.24) is 20.0 Å². The van der Waals surface area contributed by atoms with E-state index in [1.807, 2.05) is 49.3 Å². The summed E-state index contributed by atoms with van der Waals surface area (Å²) >= 11 is 0. The predicted octanol–water partition coefficient (Wildman–Crippen LogP) is 1.52. The van der Waals surface area contributed by atoms with E-state index in [0.717, 1.165) is 44.5 Å². The Kier molecular flexibility index (Phi) is 5.58. The molecule has 0 radical (unpaired) electrons. The molecule has 2 aliphatic heterocycles. The van der Waals surface area contributed by atoms with Crippen LogP contribution < -0.4 is 5.32 Å². The van der Waals surface area contributed by atoms with Crippen LogP contribution in [0, 0.1) is 0 Å². The van der Waals surface area contributed by atoms with Gasteiger partial charge < -0.3 is 15.1 Å². The summed E-state index contributed by atoms with van der Waals surface area (Å²) in [5.41, 5.74) is 1.12. The second-order valence-electron chi connectivity index (χ2n) is 7.17. The number of carbonyl (C=O) groups excluding carboxylic acids is 2. The summed E-state index contributed by atoms with van der Waals surface area (Å²) in [6, 6.07) is 10.2. The molecule has 6 heteroatoms. The minimum Gasteiger partial charge on any atom is -0.344 e. The lowest BCUT2D eigenvalue weighted by Crippen LogP contribution is -2.51. The van der Waals surface area contributed by atoms with E-state index in [4.69, 9.17) is 0 Å². The maximum atomic E-state index is 12.4. The first kappa shape index (κ1) is 17.7. The van der Waals surface area contributed by atoms with Crippen LogP contribution in [0.2, 0.25) is 0 Å².